The number of Topliss-reactive ketones (excluding diaryl/α,β-unsaturated/α-hetero) is 1. The smallest absolute Gasteiger partial charge is 0.182 e. The van der Waals surface area contributed by atoms with Crippen molar-refractivity contribution in [3.05, 3.63) is 35.5 Å². The molecule has 3 nitrogen and oxygen atoms in total. The van der Waals surface area contributed by atoms with E-state index in [0.29, 0.717) is 12.4 Å². The van der Waals surface area contributed by atoms with Crippen LogP contribution in [0.5, 0.6) is 5.75 Å². The molecule has 3 saturated heterocycles. The van der Waals surface area contributed by atoms with Crippen molar-refractivity contribution in [1.29, 1.82) is 0 Å². The molecule has 0 aliphatic carbocycles. The van der Waals surface area contributed by atoms with E-state index < -0.39 is 0 Å². The van der Waals surface area contributed by atoms with E-state index in [2.05, 4.69) is 4.90 Å². The summed E-state index contributed by atoms with van der Waals surface area (Å²) >= 11 is 0. The van der Waals surface area contributed by atoms with Gasteiger partial charge in [-0.05, 0) is 31.9 Å². The van der Waals surface area contributed by atoms with E-state index in [1.54, 1.807) is 0 Å². The first-order chi connectivity index (χ1) is 9.29. The first-order valence-corrected chi connectivity index (χ1v) is 7.02. The summed E-state index contributed by atoms with van der Waals surface area (Å²) in [6, 6.07) is 7.91. The molecule has 2 bridgehead atoms. The summed E-state index contributed by atoms with van der Waals surface area (Å²) in [5.74, 6) is 1.41. The summed E-state index contributed by atoms with van der Waals surface area (Å²) in [6.07, 6.45) is 4.03. The molecule has 1 aromatic rings. The van der Waals surface area contributed by atoms with Crippen molar-refractivity contribution in [3.63, 3.8) is 0 Å². The molecule has 3 aliphatic rings. The number of rotatable bonds is 3. The van der Waals surface area contributed by atoms with Crippen LogP contribution in [0, 0.1) is 5.92 Å². The third kappa shape index (κ3) is 2.25. The van der Waals surface area contributed by atoms with E-state index in [0.717, 1.165) is 42.9 Å². The maximum Gasteiger partial charge on any atom is 0.182 e. The maximum atomic E-state index is 12.3. The fraction of sp³-hybridized carbons (Fsp3) is 0.438. The Hall–Kier alpha value is -1.77. The van der Waals surface area contributed by atoms with E-state index >= 15 is 0 Å². The predicted molar refractivity (Wildman–Crippen MR) is 74.9 cm³/mol. The van der Waals surface area contributed by atoms with Gasteiger partial charge in [0, 0.05) is 24.6 Å². The van der Waals surface area contributed by atoms with Crippen LogP contribution in [0.3, 0.4) is 0 Å². The van der Waals surface area contributed by atoms with Gasteiger partial charge in [-0.2, -0.15) is 0 Å². The van der Waals surface area contributed by atoms with Crippen molar-refractivity contribution in [2.45, 2.75) is 19.8 Å². The quantitative estimate of drug-likeness (QED) is 0.780. The summed E-state index contributed by atoms with van der Waals surface area (Å²) in [4.78, 5) is 14.5. The Kier molecular flexibility index (Phi) is 3.28. The number of carbonyl (C=O) groups excluding carboxylic acids is 1. The number of piperidine rings is 3. The summed E-state index contributed by atoms with van der Waals surface area (Å²) in [5.41, 5.74) is 1.87. The van der Waals surface area contributed by atoms with Crippen LogP contribution in [0.15, 0.2) is 30.0 Å². The molecule has 0 spiro atoms. The second kappa shape index (κ2) is 5.08. The van der Waals surface area contributed by atoms with Gasteiger partial charge < -0.3 is 9.64 Å². The van der Waals surface area contributed by atoms with Crippen LogP contribution in [-0.4, -0.2) is 30.4 Å². The van der Waals surface area contributed by atoms with Crippen LogP contribution >= 0.6 is 0 Å². The molecule has 3 fully saturated rings. The van der Waals surface area contributed by atoms with Gasteiger partial charge in [0.2, 0.25) is 0 Å². The average Bonchev–Trinajstić information content (AvgIpc) is 2.45. The molecule has 0 atom stereocenters. The lowest BCUT2D eigenvalue weighted by molar-refractivity contribution is -0.125. The molecule has 3 aliphatic heterocycles. The number of allylic oxidation sites excluding steroid dienone is 1. The number of nitrogens with zero attached hydrogens (tertiary/aromatic N) is 1. The van der Waals surface area contributed by atoms with Crippen molar-refractivity contribution in [1.82, 2.24) is 4.90 Å². The van der Waals surface area contributed by atoms with Gasteiger partial charge in [0.15, 0.2) is 5.78 Å². The average molecular weight is 257 g/mol. The summed E-state index contributed by atoms with van der Waals surface area (Å²) in [7, 11) is 0. The van der Waals surface area contributed by atoms with Crippen molar-refractivity contribution in [3.8, 4) is 5.75 Å². The van der Waals surface area contributed by atoms with Gasteiger partial charge in [-0.15, -0.1) is 0 Å². The lowest BCUT2D eigenvalue weighted by atomic mass is 9.84. The van der Waals surface area contributed by atoms with Gasteiger partial charge >= 0.3 is 0 Å². The fourth-order valence-corrected chi connectivity index (χ4v) is 2.94. The van der Waals surface area contributed by atoms with Crippen molar-refractivity contribution in [2.75, 3.05) is 19.7 Å². The Labute approximate surface area is 113 Å². The van der Waals surface area contributed by atoms with Gasteiger partial charge in [-0.1, -0.05) is 18.2 Å². The number of fused-ring (bicyclic) bond motifs is 3. The van der Waals surface area contributed by atoms with Crippen LogP contribution in [0.2, 0.25) is 0 Å². The van der Waals surface area contributed by atoms with Crippen LogP contribution in [0.1, 0.15) is 25.3 Å². The van der Waals surface area contributed by atoms with Gasteiger partial charge in [-0.3, -0.25) is 4.79 Å². The lowest BCUT2D eigenvalue weighted by Gasteiger charge is -2.41. The van der Waals surface area contributed by atoms with Crippen molar-refractivity contribution >= 4 is 11.9 Å². The number of ketones is 1. The molecule has 0 aromatic heterocycles. The fourth-order valence-electron chi connectivity index (χ4n) is 2.94. The number of hydrogen-bond acceptors (Lipinski definition) is 3. The standard InChI is InChI=1S/C16H19NO2/c1-2-19-15-6-4-3-5-13(15)11-14-16(18)12-7-9-17(14)10-8-12/h3-6,11-12H,2,7-10H2,1H3/b14-11+. The molecule has 0 unspecified atom stereocenters. The molecule has 0 radical (unpaired) electrons. The van der Waals surface area contributed by atoms with Crippen LogP contribution in [0.25, 0.3) is 6.08 Å². The van der Waals surface area contributed by atoms with E-state index in [9.17, 15) is 4.79 Å². The molecule has 19 heavy (non-hydrogen) atoms. The minimum absolute atomic E-state index is 0.246. The minimum atomic E-state index is 0.246. The summed E-state index contributed by atoms with van der Waals surface area (Å²) < 4.78 is 5.62. The topological polar surface area (TPSA) is 29.5 Å². The van der Waals surface area contributed by atoms with E-state index in [-0.39, 0.29) is 5.92 Å². The molecule has 0 saturated carbocycles. The zero-order valence-corrected chi connectivity index (χ0v) is 11.3. The van der Waals surface area contributed by atoms with E-state index in [4.69, 9.17) is 4.74 Å². The number of carbonyl (C=O) groups is 1. The molecule has 100 valence electrons. The Bertz CT molecular complexity index is 513. The molecule has 0 N–H and O–H groups in total. The summed E-state index contributed by atoms with van der Waals surface area (Å²) in [5, 5.41) is 0. The number of para-hydroxylation sites is 1. The van der Waals surface area contributed by atoms with Crippen LogP contribution < -0.4 is 4.74 Å². The monoisotopic (exact) mass is 257 g/mol. The highest BCUT2D eigenvalue weighted by molar-refractivity contribution is 6.02. The van der Waals surface area contributed by atoms with Gasteiger partial charge in [0.05, 0.1) is 12.3 Å². The zero-order chi connectivity index (χ0) is 13.2. The number of hydrogen-bond donors (Lipinski definition) is 0. The summed E-state index contributed by atoms with van der Waals surface area (Å²) in [6.45, 7) is 4.64. The molecule has 3 heteroatoms. The van der Waals surface area contributed by atoms with E-state index in [1.165, 1.54) is 0 Å². The second-order valence-corrected chi connectivity index (χ2v) is 5.13. The van der Waals surface area contributed by atoms with Gasteiger partial charge in [0.1, 0.15) is 5.75 Å². The van der Waals surface area contributed by atoms with E-state index in [1.807, 2.05) is 37.3 Å². The Morgan fingerprint density at radius 3 is 2.74 bits per heavy atom. The van der Waals surface area contributed by atoms with Gasteiger partial charge in [-0.25, -0.2) is 0 Å². The largest absolute Gasteiger partial charge is 0.493 e. The third-order valence-electron chi connectivity index (χ3n) is 3.97. The highest BCUT2D eigenvalue weighted by Gasteiger charge is 2.36. The Balaban J connectivity index is 1.95. The lowest BCUT2D eigenvalue weighted by Crippen LogP contribution is -2.45. The first kappa shape index (κ1) is 12.3. The second-order valence-electron chi connectivity index (χ2n) is 5.13. The first-order valence-electron chi connectivity index (χ1n) is 7.02. The normalized spacial score (nSPS) is 21.2. The van der Waals surface area contributed by atoms with Gasteiger partial charge in [0.25, 0.3) is 0 Å². The van der Waals surface area contributed by atoms with Crippen molar-refractivity contribution < 1.29 is 9.53 Å². The highest BCUT2D eigenvalue weighted by atomic mass is 16.5. The third-order valence-corrected chi connectivity index (χ3v) is 3.97. The molecular formula is C16H19NO2. The molecule has 1 aromatic carbocycles. The predicted octanol–water partition coefficient (Wildman–Crippen LogP) is 2.72. The molecule has 4 rings (SSSR count). The minimum Gasteiger partial charge on any atom is -0.493 e. The highest BCUT2D eigenvalue weighted by Crippen LogP contribution is 2.33. The number of ether oxygens (including phenoxy) is 1. The van der Waals surface area contributed by atoms with Crippen LogP contribution in [0.4, 0.5) is 0 Å². The molecule has 3 heterocycles. The maximum absolute atomic E-state index is 12.3. The SMILES string of the molecule is CCOc1ccccc1/C=C1\C(=O)C2CCN1CC2. The Morgan fingerprint density at radius 2 is 2.05 bits per heavy atom. The van der Waals surface area contributed by atoms with Crippen LogP contribution in [-0.2, 0) is 4.79 Å². The molecular weight excluding hydrogens is 238 g/mol. The zero-order valence-electron chi connectivity index (χ0n) is 11.3. The van der Waals surface area contributed by atoms with Crippen molar-refractivity contribution in [2.24, 2.45) is 5.92 Å². The Morgan fingerprint density at radius 1 is 1.32 bits per heavy atom. The molecule has 0 amide bonds. The number of benzene rings is 1.